The molecule has 0 atom stereocenters. The van der Waals surface area contributed by atoms with Gasteiger partial charge in [0.2, 0.25) is 0 Å². The Kier molecular flexibility index (Phi) is 3.06. The molecule has 0 unspecified atom stereocenters. The highest BCUT2D eigenvalue weighted by Gasteiger charge is 2.30. The van der Waals surface area contributed by atoms with E-state index in [9.17, 15) is 13.2 Å². The summed E-state index contributed by atoms with van der Waals surface area (Å²) in [5.41, 5.74) is 2.61. The van der Waals surface area contributed by atoms with E-state index in [0.717, 1.165) is 17.7 Å². The van der Waals surface area contributed by atoms with Gasteiger partial charge >= 0.3 is 6.18 Å². The number of alkyl halides is 3. The highest BCUT2D eigenvalue weighted by atomic mass is 19.4. The van der Waals surface area contributed by atoms with Crippen LogP contribution in [-0.2, 0) is 6.18 Å². The second-order valence-corrected chi connectivity index (χ2v) is 5.55. The summed E-state index contributed by atoms with van der Waals surface area (Å²) in [6.07, 6.45) is 2.29. The van der Waals surface area contributed by atoms with Crippen LogP contribution >= 0.6 is 0 Å². The largest absolute Gasteiger partial charge is 0.416 e. The van der Waals surface area contributed by atoms with Crippen molar-refractivity contribution in [1.29, 1.82) is 0 Å². The number of hydrogen-bond acceptors (Lipinski definition) is 3. The van der Waals surface area contributed by atoms with Crippen LogP contribution in [-0.4, -0.2) is 19.6 Å². The van der Waals surface area contributed by atoms with Gasteiger partial charge in [0.1, 0.15) is 0 Å². The highest BCUT2D eigenvalue weighted by molar-refractivity contribution is 5.97. The zero-order valence-corrected chi connectivity index (χ0v) is 12.5. The van der Waals surface area contributed by atoms with Gasteiger partial charge in [-0.05, 0) is 42.3 Å². The van der Waals surface area contributed by atoms with Gasteiger partial charge in [0.25, 0.3) is 0 Å². The molecule has 0 bridgehead atoms. The van der Waals surface area contributed by atoms with Gasteiger partial charge in [0, 0.05) is 29.5 Å². The van der Waals surface area contributed by atoms with Crippen molar-refractivity contribution in [2.45, 2.75) is 13.1 Å². The van der Waals surface area contributed by atoms with Crippen LogP contribution in [0.4, 0.5) is 13.2 Å². The number of rotatable bonds is 1. The van der Waals surface area contributed by atoms with E-state index in [1.807, 2.05) is 13.1 Å². The van der Waals surface area contributed by atoms with E-state index < -0.39 is 11.7 Å². The van der Waals surface area contributed by atoms with Crippen molar-refractivity contribution >= 4 is 16.6 Å². The molecule has 120 valence electrons. The molecule has 0 fully saturated rings. The Balaban J connectivity index is 2.01. The maximum atomic E-state index is 13.0. The number of aryl methyl sites for hydroxylation is 1. The standard InChI is InChI=1S/C17H11F3N4/c1-10-7-22-16-14(8-23-24(16)9-10)12-4-5-21-15-3-2-11(6-13(12)15)17(18,19)20/h2-9H,1H3. The van der Waals surface area contributed by atoms with E-state index in [-0.39, 0.29) is 0 Å². The molecule has 3 heterocycles. The van der Waals surface area contributed by atoms with E-state index in [4.69, 9.17) is 0 Å². The van der Waals surface area contributed by atoms with Crippen LogP contribution in [0.5, 0.6) is 0 Å². The van der Waals surface area contributed by atoms with Gasteiger partial charge in [-0.3, -0.25) is 4.98 Å². The van der Waals surface area contributed by atoms with Crippen LogP contribution in [0.3, 0.4) is 0 Å². The van der Waals surface area contributed by atoms with Crippen LogP contribution in [0.1, 0.15) is 11.1 Å². The molecule has 0 saturated carbocycles. The molecule has 0 spiro atoms. The predicted octanol–water partition coefficient (Wildman–Crippen LogP) is 4.27. The van der Waals surface area contributed by atoms with Crippen LogP contribution in [0.2, 0.25) is 0 Å². The minimum absolute atomic E-state index is 0.421. The fraction of sp³-hybridized carbons (Fsp3) is 0.118. The second-order valence-electron chi connectivity index (χ2n) is 5.55. The van der Waals surface area contributed by atoms with Crippen LogP contribution in [0.15, 0.2) is 49.1 Å². The van der Waals surface area contributed by atoms with Crippen LogP contribution in [0, 0.1) is 6.92 Å². The lowest BCUT2D eigenvalue weighted by Crippen LogP contribution is -2.04. The first kappa shape index (κ1) is 14.6. The molecule has 0 N–H and O–H groups in total. The van der Waals surface area contributed by atoms with Crippen LogP contribution in [0.25, 0.3) is 27.7 Å². The van der Waals surface area contributed by atoms with E-state index >= 15 is 0 Å². The topological polar surface area (TPSA) is 43.1 Å². The summed E-state index contributed by atoms with van der Waals surface area (Å²) in [6, 6.07) is 5.22. The monoisotopic (exact) mass is 328 g/mol. The summed E-state index contributed by atoms with van der Waals surface area (Å²) >= 11 is 0. The fourth-order valence-corrected chi connectivity index (χ4v) is 2.72. The Morgan fingerprint density at radius 2 is 1.83 bits per heavy atom. The Hall–Kier alpha value is -2.96. The average Bonchev–Trinajstić information content (AvgIpc) is 2.95. The molecule has 4 aromatic rings. The number of aromatic nitrogens is 4. The Morgan fingerprint density at radius 3 is 2.62 bits per heavy atom. The number of pyridine rings is 1. The van der Waals surface area contributed by atoms with Gasteiger partial charge in [0.15, 0.2) is 5.65 Å². The first-order valence-corrected chi connectivity index (χ1v) is 7.20. The molecule has 0 aliphatic heterocycles. The molecular weight excluding hydrogens is 317 g/mol. The molecule has 0 aliphatic rings. The molecule has 4 rings (SSSR count). The SMILES string of the molecule is Cc1cnc2c(-c3ccnc4ccc(C(F)(F)F)cc34)cnn2c1. The molecule has 0 aliphatic carbocycles. The average molecular weight is 328 g/mol. The van der Waals surface area contributed by atoms with Gasteiger partial charge in [-0.2, -0.15) is 18.3 Å². The van der Waals surface area contributed by atoms with Crippen molar-refractivity contribution in [1.82, 2.24) is 19.6 Å². The van der Waals surface area contributed by atoms with Crippen molar-refractivity contribution in [3.8, 4) is 11.1 Å². The lowest BCUT2D eigenvalue weighted by Gasteiger charge is -2.10. The molecule has 3 aromatic heterocycles. The lowest BCUT2D eigenvalue weighted by atomic mass is 10.0. The van der Waals surface area contributed by atoms with E-state index in [2.05, 4.69) is 15.1 Å². The third-order valence-corrected chi connectivity index (χ3v) is 3.84. The first-order valence-electron chi connectivity index (χ1n) is 7.20. The third-order valence-electron chi connectivity index (χ3n) is 3.84. The number of hydrogen-bond donors (Lipinski definition) is 0. The molecule has 0 saturated heterocycles. The van der Waals surface area contributed by atoms with Crippen molar-refractivity contribution in [2.75, 3.05) is 0 Å². The summed E-state index contributed by atoms with van der Waals surface area (Å²) < 4.78 is 40.7. The van der Waals surface area contributed by atoms with Crippen molar-refractivity contribution in [3.05, 3.63) is 60.2 Å². The minimum atomic E-state index is -4.41. The number of benzene rings is 1. The molecule has 1 aromatic carbocycles. The number of halogens is 3. The smallest absolute Gasteiger partial charge is 0.256 e. The molecule has 0 radical (unpaired) electrons. The van der Waals surface area contributed by atoms with Gasteiger partial charge in [-0.1, -0.05) is 0 Å². The number of fused-ring (bicyclic) bond motifs is 2. The predicted molar refractivity (Wildman–Crippen MR) is 83.5 cm³/mol. The van der Waals surface area contributed by atoms with Crippen LogP contribution < -0.4 is 0 Å². The molecular formula is C17H11F3N4. The fourth-order valence-electron chi connectivity index (χ4n) is 2.72. The third kappa shape index (κ3) is 2.29. The van der Waals surface area contributed by atoms with Gasteiger partial charge in [-0.25, -0.2) is 9.50 Å². The Labute approximate surface area is 134 Å². The zero-order chi connectivity index (χ0) is 16.9. The second kappa shape index (κ2) is 5.02. The van der Waals surface area contributed by atoms with Gasteiger partial charge in [0.05, 0.1) is 17.3 Å². The quantitative estimate of drug-likeness (QED) is 0.524. The van der Waals surface area contributed by atoms with E-state index in [1.165, 1.54) is 6.07 Å². The maximum absolute atomic E-state index is 13.0. The highest BCUT2D eigenvalue weighted by Crippen LogP contribution is 2.35. The summed E-state index contributed by atoms with van der Waals surface area (Å²) in [6.45, 7) is 1.89. The normalized spacial score (nSPS) is 12.2. The summed E-state index contributed by atoms with van der Waals surface area (Å²) in [7, 11) is 0. The lowest BCUT2D eigenvalue weighted by molar-refractivity contribution is -0.137. The zero-order valence-electron chi connectivity index (χ0n) is 12.5. The van der Waals surface area contributed by atoms with Crippen molar-refractivity contribution in [2.24, 2.45) is 0 Å². The van der Waals surface area contributed by atoms with Crippen molar-refractivity contribution in [3.63, 3.8) is 0 Å². The molecule has 7 heteroatoms. The molecule has 4 nitrogen and oxygen atoms in total. The summed E-state index contributed by atoms with van der Waals surface area (Å²) in [5.74, 6) is 0. The minimum Gasteiger partial charge on any atom is -0.256 e. The first-order chi connectivity index (χ1) is 11.4. The van der Waals surface area contributed by atoms with Gasteiger partial charge < -0.3 is 0 Å². The summed E-state index contributed by atoms with van der Waals surface area (Å²) in [5, 5.41) is 4.67. The van der Waals surface area contributed by atoms with Gasteiger partial charge in [-0.15, -0.1) is 0 Å². The number of nitrogens with zero attached hydrogens (tertiary/aromatic N) is 4. The summed E-state index contributed by atoms with van der Waals surface area (Å²) in [4.78, 5) is 8.51. The van der Waals surface area contributed by atoms with E-state index in [1.54, 1.807) is 29.2 Å². The Morgan fingerprint density at radius 1 is 1.00 bits per heavy atom. The molecule has 0 amide bonds. The maximum Gasteiger partial charge on any atom is 0.416 e. The Bertz CT molecular complexity index is 1070. The van der Waals surface area contributed by atoms with E-state index in [0.29, 0.717) is 27.7 Å². The van der Waals surface area contributed by atoms with Crippen molar-refractivity contribution < 1.29 is 13.2 Å². The molecule has 24 heavy (non-hydrogen) atoms.